The molecule has 4 rings (SSSR count). The van der Waals surface area contributed by atoms with Crippen LogP contribution in [0.1, 0.15) is 29.7 Å². The van der Waals surface area contributed by atoms with Gasteiger partial charge in [-0.1, -0.05) is 60.7 Å². The highest BCUT2D eigenvalue weighted by atomic mass is 16.6. The molecule has 31 heavy (non-hydrogen) atoms. The van der Waals surface area contributed by atoms with Gasteiger partial charge in [-0.2, -0.15) is 5.10 Å². The first-order chi connectivity index (χ1) is 15.1. The van der Waals surface area contributed by atoms with Gasteiger partial charge in [-0.05, 0) is 24.6 Å². The molecule has 3 aromatic rings. The van der Waals surface area contributed by atoms with E-state index in [2.05, 4.69) is 65.7 Å². The highest BCUT2D eigenvalue weighted by Crippen LogP contribution is 2.19. The standard InChI is InChI=1S/C25H26N4O2/c1-20(21-12-14-24(15-13-21)29(30)31)26-28-18-16-27(17-19-28)25(22-8-4-2-5-9-22)23-10-6-3-7-11-23/h2-15,25H,16-19H2,1H3/p+1/b26-20+. The van der Waals surface area contributed by atoms with Gasteiger partial charge in [0.05, 0.1) is 36.8 Å². The lowest BCUT2D eigenvalue weighted by Gasteiger charge is -2.36. The lowest BCUT2D eigenvalue weighted by Crippen LogP contribution is -3.15. The van der Waals surface area contributed by atoms with Gasteiger partial charge < -0.3 is 4.90 Å². The van der Waals surface area contributed by atoms with Gasteiger partial charge in [0.15, 0.2) is 0 Å². The van der Waals surface area contributed by atoms with Gasteiger partial charge in [-0.3, -0.25) is 15.1 Å². The van der Waals surface area contributed by atoms with Crippen molar-refractivity contribution in [2.45, 2.75) is 13.0 Å². The summed E-state index contributed by atoms with van der Waals surface area (Å²) >= 11 is 0. The maximum atomic E-state index is 10.9. The zero-order valence-corrected chi connectivity index (χ0v) is 17.6. The van der Waals surface area contributed by atoms with Crippen molar-refractivity contribution >= 4 is 11.4 Å². The Balaban J connectivity index is 1.46. The molecule has 0 bridgehead atoms. The van der Waals surface area contributed by atoms with Gasteiger partial charge in [0.25, 0.3) is 5.69 Å². The quantitative estimate of drug-likeness (QED) is 0.382. The van der Waals surface area contributed by atoms with Crippen LogP contribution in [0.3, 0.4) is 0 Å². The van der Waals surface area contributed by atoms with Crippen LogP contribution < -0.4 is 4.90 Å². The Morgan fingerprint density at radius 3 is 1.90 bits per heavy atom. The predicted molar refractivity (Wildman–Crippen MR) is 122 cm³/mol. The third kappa shape index (κ3) is 4.98. The van der Waals surface area contributed by atoms with E-state index in [0.29, 0.717) is 6.04 Å². The zero-order chi connectivity index (χ0) is 21.6. The van der Waals surface area contributed by atoms with Crippen LogP contribution in [0.5, 0.6) is 0 Å². The molecule has 0 atom stereocenters. The number of hydrogen-bond acceptors (Lipinski definition) is 4. The fourth-order valence-corrected chi connectivity index (χ4v) is 4.22. The minimum Gasteiger partial charge on any atom is -0.322 e. The third-order valence-corrected chi connectivity index (χ3v) is 5.84. The number of piperazine rings is 1. The van der Waals surface area contributed by atoms with Crippen LogP contribution in [0.15, 0.2) is 90.0 Å². The molecule has 158 valence electrons. The number of quaternary nitrogens is 1. The molecule has 0 unspecified atom stereocenters. The fraction of sp³-hybridized carbons (Fsp3) is 0.240. The second kappa shape index (κ2) is 9.53. The van der Waals surface area contributed by atoms with Crippen molar-refractivity contribution in [1.29, 1.82) is 0 Å². The van der Waals surface area contributed by atoms with Gasteiger partial charge in [-0.25, -0.2) is 0 Å². The van der Waals surface area contributed by atoms with Crippen LogP contribution >= 0.6 is 0 Å². The lowest BCUT2D eigenvalue weighted by molar-refractivity contribution is -0.929. The van der Waals surface area contributed by atoms with Crippen LogP contribution in [-0.4, -0.2) is 41.8 Å². The molecule has 1 aliphatic heterocycles. The van der Waals surface area contributed by atoms with Crippen molar-refractivity contribution in [2.24, 2.45) is 5.10 Å². The summed E-state index contributed by atoms with van der Waals surface area (Å²) in [5.74, 6) is 0. The molecule has 6 heteroatoms. The van der Waals surface area contributed by atoms with E-state index in [1.54, 1.807) is 12.1 Å². The van der Waals surface area contributed by atoms with Crippen LogP contribution in [0.2, 0.25) is 0 Å². The number of benzene rings is 3. The molecular weight excluding hydrogens is 388 g/mol. The number of nitrogens with one attached hydrogen (secondary N) is 1. The zero-order valence-electron chi connectivity index (χ0n) is 17.6. The van der Waals surface area contributed by atoms with E-state index in [4.69, 9.17) is 5.10 Å². The molecule has 1 aliphatic rings. The first-order valence-corrected chi connectivity index (χ1v) is 10.6. The summed E-state index contributed by atoms with van der Waals surface area (Å²) in [6.07, 6.45) is 0. The van der Waals surface area contributed by atoms with Crippen LogP contribution in [0.25, 0.3) is 0 Å². The molecule has 6 nitrogen and oxygen atoms in total. The summed E-state index contributed by atoms with van der Waals surface area (Å²) < 4.78 is 0. The molecule has 0 spiro atoms. The summed E-state index contributed by atoms with van der Waals surface area (Å²) in [6.45, 7) is 5.68. The van der Waals surface area contributed by atoms with Gasteiger partial charge in [-0.15, -0.1) is 0 Å². The van der Waals surface area contributed by atoms with Crippen LogP contribution in [0.4, 0.5) is 5.69 Å². The smallest absolute Gasteiger partial charge is 0.269 e. The fourth-order valence-electron chi connectivity index (χ4n) is 4.22. The number of nitrogens with zero attached hydrogens (tertiary/aromatic N) is 3. The number of hydrogen-bond donors (Lipinski definition) is 1. The van der Waals surface area contributed by atoms with Crippen molar-refractivity contribution in [3.05, 3.63) is 112 Å². The molecule has 0 radical (unpaired) electrons. The van der Waals surface area contributed by atoms with E-state index in [1.807, 2.05) is 6.92 Å². The van der Waals surface area contributed by atoms with Gasteiger partial charge >= 0.3 is 0 Å². The van der Waals surface area contributed by atoms with E-state index < -0.39 is 0 Å². The molecule has 0 aliphatic carbocycles. The second-order valence-electron chi connectivity index (χ2n) is 7.86. The minimum atomic E-state index is -0.381. The number of nitro benzene ring substituents is 1. The molecule has 0 saturated carbocycles. The van der Waals surface area contributed by atoms with Crippen LogP contribution in [-0.2, 0) is 0 Å². The highest BCUT2D eigenvalue weighted by Gasteiger charge is 2.29. The van der Waals surface area contributed by atoms with Crippen molar-refractivity contribution in [3.63, 3.8) is 0 Å². The largest absolute Gasteiger partial charge is 0.322 e. The molecule has 0 aromatic heterocycles. The first kappa shape index (κ1) is 20.8. The summed E-state index contributed by atoms with van der Waals surface area (Å²) in [7, 11) is 0. The Bertz CT molecular complexity index is 989. The lowest BCUT2D eigenvalue weighted by atomic mass is 9.96. The van der Waals surface area contributed by atoms with Crippen molar-refractivity contribution in [3.8, 4) is 0 Å². The van der Waals surface area contributed by atoms with E-state index in [1.165, 1.54) is 28.2 Å². The number of rotatable bonds is 6. The van der Waals surface area contributed by atoms with Crippen molar-refractivity contribution < 1.29 is 9.82 Å². The SMILES string of the molecule is C/C(=N\N1CC[NH+](C(c2ccccc2)c2ccccc2)CC1)c1ccc([N+](=O)[O-])cc1. The van der Waals surface area contributed by atoms with Gasteiger partial charge in [0.2, 0.25) is 0 Å². The van der Waals surface area contributed by atoms with E-state index in [-0.39, 0.29) is 10.6 Å². The monoisotopic (exact) mass is 415 g/mol. The van der Waals surface area contributed by atoms with Crippen molar-refractivity contribution in [2.75, 3.05) is 26.2 Å². The molecule has 3 aromatic carbocycles. The average Bonchev–Trinajstić information content (AvgIpc) is 2.82. The Hall–Kier alpha value is -3.51. The number of non-ortho nitro benzene ring substituents is 1. The normalized spacial score (nSPS) is 15.3. The maximum Gasteiger partial charge on any atom is 0.269 e. The second-order valence-corrected chi connectivity index (χ2v) is 7.86. The maximum absolute atomic E-state index is 10.9. The first-order valence-electron chi connectivity index (χ1n) is 10.6. The van der Waals surface area contributed by atoms with Gasteiger partial charge in [0, 0.05) is 23.3 Å². The Morgan fingerprint density at radius 1 is 0.903 bits per heavy atom. The Kier molecular flexibility index (Phi) is 6.38. The third-order valence-electron chi connectivity index (χ3n) is 5.84. The van der Waals surface area contributed by atoms with Crippen molar-refractivity contribution in [1.82, 2.24) is 5.01 Å². The van der Waals surface area contributed by atoms with E-state index in [0.717, 1.165) is 37.5 Å². The van der Waals surface area contributed by atoms with E-state index >= 15 is 0 Å². The number of nitro groups is 1. The predicted octanol–water partition coefficient (Wildman–Crippen LogP) is 3.31. The Labute approximate surface area is 182 Å². The minimum absolute atomic E-state index is 0.0987. The average molecular weight is 416 g/mol. The summed E-state index contributed by atoms with van der Waals surface area (Å²) in [5, 5.41) is 17.8. The Morgan fingerprint density at radius 2 is 1.42 bits per heavy atom. The molecular formula is C25H27N4O2+. The van der Waals surface area contributed by atoms with Gasteiger partial charge in [0.1, 0.15) is 6.04 Å². The van der Waals surface area contributed by atoms with E-state index in [9.17, 15) is 10.1 Å². The summed E-state index contributed by atoms with van der Waals surface area (Å²) in [5.41, 5.74) is 4.56. The summed E-state index contributed by atoms with van der Waals surface area (Å²) in [4.78, 5) is 12.0. The molecule has 1 heterocycles. The topological polar surface area (TPSA) is 63.2 Å². The highest BCUT2D eigenvalue weighted by molar-refractivity contribution is 5.98. The molecule has 1 saturated heterocycles. The molecule has 1 fully saturated rings. The molecule has 0 amide bonds. The van der Waals surface area contributed by atoms with Crippen LogP contribution in [0, 0.1) is 10.1 Å². The molecule has 1 N–H and O–H groups in total. The number of hydrazone groups is 1. The summed E-state index contributed by atoms with van der Waals surface area (Å²) in [6, 6.07) is 28.3.